The second-order valence-electron chi connectivity index (χ2n) is 5.09. The van der Waals surface area contributed by atoms with Crippen molar-refractivity contribution >= 4 is 11.6 Å². The first-order valence-corrected chi connectivity index (χ1v) is 6.59. The number of likely N-dealkylation sites (N-methyl/N-ethyl adjacent to an activating group) is 1. The summed E-state index contributed by atoms with van der Waals surface area (Å²) < 4.78 is 0. The molecule has 4 heteroatoms. The third kappa shape index (κ3) is 2.93. The highest BCUT2D eigenvalue weighted by atomic mass is 16.2. The Bertz CT molecular complexity index is 687. The molecular formula is C17H17N3O. The van der Waals surface area contributed by atoms with E-state index in [4.69, 9.17) is 11.0 Å². The molecule has 2 aromatic rings. The normalized spacial score (nSPS) is 13.0. The van der Waals surface area contributed by atoms with Crippen LogP contribution in [-0.4, -0.2) is 13.0 Å². The van der Waals surface area contributed by atoms with Crippen molar-refractivity contribution < 1.29 is 4.79 Å². The lowest BCUT2D eigenvalue weighted by Gasteiger charge is -2.29. The lowest BCUT2D eigenvalue weighted by molar-refractivity contribution is -0.123. The van der Waals surface area contributed by atoms with Crippen LogP contribution in [-0.2, 0) is 10.3 Å². The number of carbonyl (C=O) groups is 1. The van der Waals surface area contributed by atoms with Gasteiger partial charge in [-0.25, -0.2) is 0 Å². The second kappa shape index (κ2) is 5.78. The Hall–Kier alpha value is -2.64. The standard InChI is InChI=1S/C17H17N3O/c1-17(19,14-8-4-3-5-9-14)16(21)20(2)15-10-6-7-13(11-15)12-18/h3-11H,19H2,1-2H3. The molecule has 1 atom stereocenters. The van der Waals surface area contributed by atoms with Gasteiger partial charge in [-0.1, -0.05) is 36.4 Å². The van der Waals surface area contributed by atoms with Crippen molar-refractivity contribution in [3.63, 3.8) is 0 Å². The Balaban J connectivity index is 2.32. The van der Waals surface area contributed by atoms with Crippen LogP contribution in [0.2, 0.25) is 0 Å². The van der Waals surface area contributed by atoms with Gasteiger partial charge in [-0.15, -0.1) is 0 Å². The molecule has 21 heavy (non-hydrogen) atoms. The van der Waals surface area contributed by atoms with Gasteiger partial charge in [0, 0.05) is 12.7 Å². The van der Waals surface area contributed by atoms with Gasteiger partial charge in [-0.2, -0.15) is 5.26 Å². The zero-order valence-corrected chi connectivity index (χ0v) is 12.1. The molecule has 0 saturated carbocycles. The van der Waals surface area contributed by atoms with E-state index < -0.39 is 5.54 Å². The summed E-state index contributed by atoms with van der Waals surface area (Å²) in [5.74, 6) is -0.233. The molecule has 0 spiro atoms. The Morgan fingerprint density at radius 2 is 1.86 bits per heavy atom. The number of carbonyl (C=O) groups excluding carboxylic acids is 1. The van der Waals surface area contributed by atoms with Crippen molar-refractivity contribution in [2.24, 2.45) is 5.73 Å². The van der Waals surface area contributed by atoms with Crippen LogP contribution in [0.4, 0.5) is 5.69 Å². The monoisotopic (exact) mass is 279 g/mol. The number of anilines is 1. The number of hydrogen-bond donors (Lipinski definition) is 1. The SMILES string of the molecule is CN(C(=O)C(C)(N)c1ccccc1)c1cccc(C#N)c1. The molecule has 0 heterocycles. The van der Waals surface area contributed by atoms with Gasteiger partial charge >= 0.3 is 0 Å². The second-order valence-corrected chi connectivity index (χ2v) is 5.09. The van der Waals surface area contributed by atoms with E-state index in [2.05, 4.69) is 6.07 Å². The van der Waals surface area contributed by atoms with Crippen molar-refractivity contribution in [3.05, 3.63) is 65.7 Å². The average molecular weight is 279 g/mol. The topological polar surface area (TPSA) is 70.1 Å². The van der Waals surface area contributed by atoms with Crippen LogP contribution >= 0.6 is 0 Å². The van der Waals surface area contributed by atoms with Crippen molar-refractivity contribution in [3.8, 4) is 6.07 Å². The van der Waals surface area contributed by atoms with Crippen LogP contribution in [0.25, 0.3) is 0 Å². The van der Waals surface area contributed by atoms with Crippen molar-refractivity contribution in [2.75, 3.05) is 11.9 Å². The van der Waals surface area contributed by atoms with Crippen molar-refractivity contribution in [1.29, 1.82) is 5.26 Å². The molecule has 0 radical (unpaired) electrons. The van der Waals surface area contributed by atoms with Gasteiger partial charge < -0.3 is 10.6 Å². The average Bonchev–Trinajstić information content (AvgIpc) is 2.54. The largest absolute Gasteiger partial charge is 0.314 e. The van der Waals surface area contributed by atoms with Crippen LogP contribution in [0.15, 0.2) is 54.6 Å². The maximum Gasteiger partial charge on any atom is 0.251 e. The Morgan fingerprint density at radius 3 is 2.48 bits per heavy atom. The number of benzene rings is 2. The van der Waals surface area contributed by atoms with Gasteiger partial charge in [0.2, 0.25) is 0 Å². The van der Waals surface area contributed by atoms with E-state index in [1.54, 1.807) is 38.2 Å². The zero-order valence-electron chi connectivity index (χ0n) is 12.1. The van der Waals surface area contributed by atoms with E-state index in [1.165, 1.54) is 4.90 Å². The third-order valence-electron chi connectivity index (χ3n) is 3.48. The summed E-state index contributed by atoms with van der Waals surface area (Å²) in [5, 5.41) is 8.94. The van der Waals surface area contributed by atoms with E-state index >= 15 is 0 Å². The molecule has 2 N–H and O–H groups in total. The van der Waals surface area contributed by atoms with Crippen LogP contribution in [0.1, 0.15) is 18.1 Å². The van der Waals surface area contributed by atoms with Gasteiger partial charge in [0.05, 0.1) is 11.6 Å². The van der Waals surface area contributed by atoms with Crippen LogP contribution < -0.4 is 10.6 Å². The smallest absolute Gasteiger partial charge is 0.251 e. The molecule has 106 valence electrons. The number of rotatable bonds is 3. The lowest BCUT2D eigenvalue weighted by Crippen LogP contribution is -2.49. The Labute approximate surface area is 124 Å². The molecule has 0 aliphatic rings. The van der Waals surface area contributed by atoms with E-state index in [0.29, 0.717) is 11.3 Å². The molecule has 0 aliphatic heterocycles. The first-order chi connectivity index (χ1) is 9.96. The zero-order chi connectivity index (χ0) is 15.5. The molecule has 0 aliphatic carbocycles. The number of hydrogen-bond acceptors (Lipinski definition) is 3. The first kappa shape index (κ1) is 14.8. The summed E-state index contributed by atoms with van der Waals surface area (Å²) >= 11 is 0. The Kier molecular flexibility index (Phi) is 4.06. The van der Waals surface area contributed by atoms with Gasteiger partial charge in [0.1, 0.15) is 5.54 Å². The quantitative estimate of drug-likeness (QED) is 0.937. The molecule has 0 bridgehead atoms. The summed E-state index contributed by atoms with van der Waals surface area (Å²) in [6.07, 6.45) is 0. The molecule has 2 rings (SSSR count). The van der Waals surface area contributed by atoms with E-state index in [0.717, 1.165) is 5.56 Å². The fourth-order valence-electron chi connectivity index (χ4n) is 2.16. The highest BCUT2D eigenvalue weighted by Crippen LogP contribution is 2.23. The van der Waals surface area contributed by atoms with Crippen molar-refractivity contribution in [2.45, 2.75) is 12.5 Å². The van der Waals surface area contributed by atoms with Crippen LogP contribution in [0.5, 0.6) is 0 Å². The molecule has 1 unspecified atom stereocenters. The molecule has 1 amide bonds. The van der Waals surface area contributed by atoms with Gasteiger partial charge in [0.25, 0.3) is 5.91 Å². The third-order valence-corrected chi connectivity index (χ3v) is 3.48. The lowest BCUT2D eigenvalue weighted by atomic mass is 9.91. The van der Waals surface area contributed by atoms with Gasteiger partial charge in [-0.05, 0) is 30.7 Å². The highest BCUT2D eigenvalue weighted by molar-refractivity contribution is 6.00. The fourth-order valence-corrected chi connectivity index (χ4v) is 2.16. The van der Waals surface area contributed by atoms with E-state index in [1.807, 2.05) is 30.3 Å². The minimum Gasteiger partial charge on any atom is -0.314 e. The molecule has 4 nitrogen and oxygen atoms in total. The van der Waals surface area contributed by atoms with E-state index in [-0.39, 0.29) is 5.91 Å². The number of nitrogens with two attached hydrogens (primary N) is 1. The minimum atomic E-state index is -1.13. The maximum absolute atomic E-state index is 12.7. The summed E-state index contributed by atoms with van der Waals surface area (Å²) in [7, 11) is 1.66. The summed E-state index contributed by atoms with van der Waals surface area (Å²) in [5.41, 5.74) is 7.01. The summed E-state index contributed by atoms with van der Waals surface area (Å²) in [4.78, 5) is 14.2. The van der Waals surface area contributed by atoms with Gasteiger partial charge in [0.15, 0.2) is 0 Å². The number of nitrogens with zero attached hydrogens (tertiary/aromatic N) is 2. The van der Waals surface area contributed by atoms with Gasteiger partial charge in [-0.3, -0.25) is 4.79 Å². The van der Waals surface area contributed by atoms with E-state index in [9.17, 15) is 4.79 Å². The minimum absolute atomic E-state index is 0.233. The van der Waals surface area contributed by atoms with Crippen LogP contribution in [0.3, 0.4) is 0 Å². The predicted molar refractivity (Wildman–Crippen MR) is 82.5 cm³/mol. The first-order valence-electron chi connectivity index (χ1n) is 6.59. The molecule has 0 fully saturated rings. The molecular weight excluding hydrogens is 262 g/mol. The summed E-state index contributed by atoms with van der Waals surface area (Å²) in [6.45, 7) is 1.69. The fraction of sp³-hybridized carbons (Fsp3) is 0.176. The summed E-state index contributed by atoms with van der Waals surface area (Å²) in [6, 6.07) is 18.2. The molecule has 0 aromatic heterocycles. The highest BCUT2D eigenvalue weighted by Gasteiger charge is 2.33. The Morgan fingerprint density at radius 1 is 1.19 bits per heavy atom. The number of nitriles is 1. The maximum atomic E-state index is 12.7. The number of amides is 1. The molecule has 2 aromatic carbocycles. The molecule has 0 saturated heterocycles. The predicted octanol–water partition coefficient (Wildman–Crippen LogP) is 2.40. The van der Waals surface area contributed by atoms with Crippen LogP contribution in [0, 0.1) is 11.3 Å². The van der Waals surface area contributed by atoms with Crippen molar-refractivity contribution in [1.82, 2.24) is 0 Å².